The predicted octanol–water partition coefficient (Wildman–Crippen LogP) is 28.9. The van der Waals surface area contributed by atoms with E-state index in [-0.39, 0.29) is 25.2 Å². The zero-order chi connectivity index (χ0) is 66.1. The van der Waals surface area contributed by atoms with Crippen LogP contribution in [-0.4, -0.2) is 36.4 Å². The number of carbonyl (C=O) groups excluding carboxylic acids is 2. The molecule has 0 aromatic rings. The number of unbranched alkanes of at least 4 members (excludes halogenated alkanes) is 52. The number of esters is 2. The van der Waals surface area contributed by atoms with Gasteiger partial charge in [0, 0.05) is 12.8 Å². The smallest absolute Gasteiger partial charge is 0.306 e. The number of rotatable bonds is 76. The largest absolute Gasteiger partial charge is 0.462 e. The van der Waals surface area contributed by atoms with Crippen LogP contribution in [0.25, 0.3) is 0 Å². The molecule has 1 N–H and O–H groups in total. The van der Waals surface area contributed by atoms with E-state index in [0.717, 1.165) is 89.9 Å². The summed E-state index contributed by atoms with van der Waals surface area (Å²) in [6.07, 6.45) is 118. The minimum absolute atomic E-state index is 0.0641. The molecule has 0 aliphatic heterocycles. The molecule has 0 fully saturated rings. The van der Waals surface area contributed by atoms with E-state index in [2.05, 4.69) is 111 Å². The maximum absolute atomic E-state index is 12.4. The third-order valence-electron chi connectivity index (χ3n) is 18.4. The van der Waals surface area contributed by atoms with Crippen molar-refractivity contribution in [3.05, 3.63) is 97.2 Å². The highest BCUT2D eigenvalue weighted by atomic mass is 16.6. The van der Waals surface area contributed by atoms with Gasteiger partial charge in [0.05, 0.1) is 6.61 Å². The van der Waals surface area contributed by atoms with Gasteiger partial charge in [-0.1, -0.05) is 432 Å². The van der Waals surface area contributed by atoms with Crippen LogP contribution in [0.4, 0.5) is 0 Å². The van der Waals surface area contributed by atoms with Gasteiger partial charge in [-0.2, -0.15) is 0 Å². The Morgan fingerprint density at radius 2 is 0.467 bits per heavy atom. The maximum Gasteiger partial charge on any atom is 0.306 e. The highest BCUT2D eigenvalue weighted by Crippen LogP contribution is 2.20. The molecule has 5 heteroatoms. The molecule has 92 heavy (non-hydrogen) atoms. The van der Waals surface area contributed by atoms with Gasteiger partial charge < -0.3 is 14.6 Å². The van der Waals surface area contributed by atoms with Crippen molar-refractivity contribution in [2.24, 2.45) is 0 Å². The summed E-state index contributed by atoms with van der Waals surface area (Å²) in [4.78, 5) is 24.7. The average Bonchev–Trinajstić information content (AvgIpc) is 3.75. The second-order valence-electron chi connectivity index (χ2n) is 27.5. The molecule has 0 rings (SSSR count). The summed E-state index contributed by atoms with van der Waals surface area (Å²) < 4.78 is 10.8. The third kappa shape index (κ3) is 79.3. The Hall–Kier alpha value is -3.18. The van der Waals surface area contributed by atoms with Crippen molar-refractivity contribution < 1.29 is 24.2 Å². The van der Waals surface area contributed by atoms with Crippen molar-refractivity contribution in [2.75, 3.05) is 13.2 Å². The Labute approximate surface area is 574 Å². The second kappa shape index (κ2) is 82.1. The lowest BCUT2D eigenvalue weighted by Crippen LogP contribution is -2.28. The zero-order valence-electron chi connectivity index (χ0n) is 61.6. The molecule has 0 saturated carbocycles. The molecule has 1 unspecified atom stereocenters. The Morgan fingerprint density at radius 3 is 0.707 bits per heavy atom. The zero-order valence-corrected chi connectivity index (χ0v) is 61.6. The quantitative estimate of drug-likeness (QED) is 0.0373. The van der Waals surface area contributed by atoms with Crippen molar-refractivity contribution in [1.29, 1.82) is 0 Å². The van der Waals surface area contributed by atoms with Crippen molar-refractivity contribution >= 4 is 11.9 Å². The van der Waals surface area contributed by atoms with E-state index in [1.54, 1.807) is 0 Å². The summed E-state index contributed by atoms with van der Waals surface area (Å²) in [5.41, 5.74) is 0. The molecule has 0 amide bonds. The van der Waals surface area contributed by atoms with E-state index in [4.69, 9.17) is 9.47 Å². The lowest BCUT2D eigenvalue weighted by atomic mass is 10.0. The SMILES string of the molecule is CC/C=C\C/C=C\C/C=C\C/C=C\C/C=C\C/C=C\C/C=C\C/C=C\CCCCCCCCCCCCCCCCC(=O)OC(CO)COC(=O)CCCCCCCCCCCCCCCCCCCCCCCCCCCCCCCCCCCCCCCCC. The van der Waals surface area contributed by atoms with Crippen molar-refractivity contribution in [3.63, 3.8) is 0 Å². The maximum atomic E-state index is 12.4. The molecule has 0 radical (unpaired) electrons. The second-order valence-corrected chi connectivity index (χ2v) is 27.5. The highest BCUT2D eigenvalue weighted by Gasteiger charge is 2.16. The fourth-order valence-electron chi connectivity index (χ4n) is 12.3. The lowest BCUT2D eigenvalue weighted by molar-refractivity contribution is -0.161. The van der Waals surface area contributed by atoms with Gasteiger partial charge in [0.2, 0.25) is 0 Å². The van der Waals surface area contributed by atoms with Gasteiger partial charge in [-0.15, -0.1) is 0 Å². The number of hydrogen-bond acceptors (Lipinski definition) is 5. The van der Waals surface area contributed by atoms with Crippen LogP contribution in [0.2, 0.25) is 0 Å². The molecule has 0 saturated heterocycles. The van der Waals surface area contributed by atoms with Crippen LogP contribution in [0.15, 0.2) is 97.2 Å². The monoisotopic (exact) mass is 1280 g/mol. The van der Waals surface area contributed by atoms with Crippen molar-refractivity contribution in [2.45, 2.75) is 431 Å². The molecule has 0 aliphatic rings. The average molecular weight is 1280 g/mol. The first-order chi connectivity index (χ1) is 45.6. The molecule has 5 nitrogen and oxygen atoms in total. The minimum Gasteiger partial charge on any atom is -0.462 e. The third-order valence-corrected chi connectivity index (χ3v) is 18.4. The van der Waals surface area contributed by atoms with Crippen LogP contribution < -0.4 is 0 Å². The molecule has 0 aliphatic carbocycles. The summed E-state index contributed by atoms with van der Waals surface area (Å²) in [5, 5.41) is 9.73. The van der Waals surface area contributed by atoms with E-state index >= 15 is 0 Å². The van der Waals surface area contributed by atoms with E-state index < -0.39 is 6.10 Å². The van der Waals surface area contributed by atoms with Crippen LogP contribution in [0.5, 0.6) is 0 Å². The van der Waals surface area contributed by atoms with E-state index in [9.17, 15) is 14.7 Å². The van der Waals surface area contributed by atoms with E-state index in [0.29, 0.717) is 12.8 Å². The molecular formula is C87H156O5. The first kappa shape index (κ1) is 88.8. The van der Waals surface area contributed by atoms with Crippen LogP contribution in [-0.2, 0) is 19.1 Å². The Balaban J connectivity index is 3.42. The van der Waals surface area contributed by atoms with Crippen molar-refractivity contribution in [3.8, 4) is 0 Å². The van der Waals surface area contributed by atoms with Gasteiger partial charge in [0.25, 0.3) is 0 Å². The fraction of sp³-hybridized carbons (Fsp3) is 0.793. The van der Waals surface area contributed by atoms with Crippen LogP contribution in [0.1, 0.15) is 425 Å². The lowest BCUT2D eigenvalue weighted by Gasteiger charge is -2.15. The molecular weight excluding hydrogens is 1120 g/mol. The van der Waals surface area contributed by atoms with Gasteiger partial charge in [-0.3, -0.25) is 9.59 Å². The Bertz CT molecular complexity index is 1700. The van der Waals surface area contributed by atoms with Gasteiger partial charge in [-0.05, 0) is 77.0 Å². The molecule has 0 aromatic heterocycles. The number of aliphatic hydroxyl groups excluding tert-OH is 1. The summed E-state index contributed by atoms with van der Waals surface area (Å²) in [6.45, 7) is 4.08. The summed E-state index contributed by atoms with van der Waals surface area (Å²) >= 11 is 0. The molecule has 0 aromatic carbocycles. The Morgan fingerprint density at radius 1 is 0.261 bits per heavy atom. The van der Waals surface area contributed by atoms with E-state index in [1.165, 1.54) is 308 Å². The Kier molecular flexibility index (Phi) is 79.2. The normalized spacial score (nSPS) is 12.7. The van der Waals surface area contributed by atoms with Crippen molar-refractivity contribution in [1.82, 2.24) is 0 Å². The summed E-state index contributed by atoms with van der Waals surface area (Å²) in [7, 11) is 0. The number of allylic oxidation sites excluding steroid dienone is 16. The molecule has 1 atom stereocenters. The molecule has 0 heterocycles. The van der Waals surface area contributed by atoms with Crippen LogP contribution in [0.3, 0.4) is 0 Å². The number of hydrogen-bond donors (Lipinski definition) is 1. The summed E-state index contributed by atoms with van der Waals surface area (Å²) in [6, 6.07) is 0. The summed E-state index contributed by atoms with van der Waals surface area (Å²) in [5.74, 6) is -0.573. The van der Waals surface area contributed by atoms with E-state index in [1.807, 2.05) is 0 Å². The van der Waals surface area contributed by atoms with Gasteiger partial charge in [0.15, 0.2) is 6.10 Å². The van der Waals surface area contributed by atoms with Gasteiger partial charge in [0.1, 0.15) is 6.61 Å². The fourth-order valence-corrected chi connectivity index (χ4v) is 12.3. The van der Waals surface area contributed by atoms with Crippen LogP contribution >= 0.6 is 0 Å². The first-order valence-corrected chi connectivity index (χ1v) is 40.8. The van der Waals surface area contributed by atoms with Crippen LogP contribution in [0, 0.1) is 0 Å². The number of carbonyl (C=O) groups is 2. The topological polar surface area (TPSA) is 72.8 Å². The molecule has 0 bridgehead atoms. The standard InChI is InChI=1S/C87H156O5/c1-3-5-7-9-11-13-15-17-19-21-23-25-27-29-31-33-35-37-39-41-43-45-47-49-51-53-55-57-59-61-63-65-67-69-71-73-75-77-79-81-86(89)91-84-85(83-88)92-87(90)82-80-78-76-74-72-70-68-66-64-62-60-58-56-54-52-50-48-46-44-42-40-38-36-34-32-30-28-26-24-22-20-18-16-14-12-10-8-6-4-2/h6,8,12,14,18,20,24,26,30,32,36,38,42,44,48,50,85,88H,3-5,7,9-11,13,15-17,19,21-23,25,27-29,31,33-35,37,39-41,43,45-47,49,51-84H2,1-2H3/b8-6-,14-12-,20-18-,26-24-,32-30-,38-36-,44-42-,50-48-. The molecule has 534 valence electrons. The predicted molar refractivity (Wildman–Crippen MR) is 408 cm³/mol. The van der Waals surface area contributed by atoms with Gasteiger partial charge in [-0.25, -0.2) is 0 Å². The molecule has 0 spiro atoms. The van der Waals surface area contributed by atoms with Gasteiger partial charge >= 0.3 is 11.9 Å². The number of aliphatic hydroxyl groups is 1. The minimum atomic E-state index is -0.777. The number of ether oxygens (including phenoxy) is 2. The first-order valence-electron chi connectivity index (χ1n) is 40.8. The highest BCUT2D eigenvalue weighted by molar-refractivity contribution is 5.70.